The van der Waals surface area contributed by atoms with Crippen LogP contribution in [0.2, 0.25) is 0 Å². The Balaban J connectivity index is 1.88. The van der Waals surface area contributed by atoms with Crippen molar-refractivity contribution in [3.63, 3.8) is 0 Å². The molecule has 0 aliphatic carbocycles. The minimum absolute atomic E-state index is 0.0541. The quantitative estimate of drug-likeness (QED) is 0.898. The van der Waals surface area contributed by atoms with Crippen LogP contribution in [-0.2, 0) is 0 Å². The molecule has 110 valence electrons. The average molecular weight is 276 g/mol. The van der Waals surface area contributed by atoms with Gasteiger partial charge in [-0.15, -0.1) is 0 Å². The number of nitrogens with one attached hydrogen (secondary N) is 1. The number of aromatic nitrogens is 2. The first kappa shape index (κ1) is 14.8. The summed E-state index contributed by atoms with van der Waals surface area (Å²) in [6.07, 6.45) is 7.75. The van der Waals surface area contributed by atoms with Gasteiger partial charge in [-0.25, -0.2) is 9.97 Å². The van der Waals surface area contributed by atoms with Gasteiger partial charge in [-0.1, -0.05) is 13.8 Å². The first-order valence-corrected chi connectivity index (χ1v) is 7.52. The molecular weight excluding hydrogens is 252 g/mol. The van der Waals surface area contributed by atoms with Crippen LogP contribution in [0.3, 0.4) is 0 Å². The number of piperidine rings is 1. The van der Waals surface area contributed by atoms with Crippen molar-refractivity contribution in [2.75, 3.05) is 25.0 Å². The molecule has 0 saturated carbocycles. The number of likely N-dealkylation sites (tertiary alicyclic amines) is 1. The van der Waals surface area contributed by atoms with E-state index in [1.807, 2.05) is 4.90 Å². The molecule has 5 nitrogen and oxygen atoms in total. The molecule has 0 spiro atoms. The van der Waals surface area contributed by atoms with Crippen molar-refractivity contribution in [1.29, 1.82) is 0 Å². The van der Waals surface area contributed by atoms with E-state index in [0.717, 1.165) is 38.9 Å². The maximum atomic E-state index is 12.2. The predicted octanol–water partition coefficient (Wildman–Crippen LogP) is 2.56. The summed E-state index contributed by atoms with van der Waals surface area (Å²) in [5.41, 5.74) is 0.585. The Morgan fingerprint density at radius 3 is 2.50 bits per heavy atom. The minimum Gasteiger partial charge on any atom is -0.354 e. The van der Waals surface area contributed by atoms with Crippen molar-refractivity contribution < 1.29 is 4.79 Å². The van der Waals surface area contributed by atoms with Gasteiger partial charge in [0.05, 0.1) is 5.56 Å². The summed E-state index contributed by atoms with van der Waals surface area (Å²) in [6.45, 7) is 6.93. The second-order valence-corrected chi connectivity index (χ2v) is 5.76. The van der Waals surface area contributed by atoms with Gasteiger partial charge in [0.15, 0.2) is 0 Å². The fourth-order valence-corrected chi connectivity index (χ4v) is 2.28. The Hall–Kier alpha value is -1.65. The van der Waals surface area contributed by atoms with Crippen LogP contribution < -0.4 is 5.32 Å². The largest absolute Gasteiger partial charge is 0.354 e. The summed E-state index contributed by atoms with van der Waals surface area (Å²) in [5, 5.41) is 3.17. The van der Waals surface area contributed by atoms with Gasteiger partial charge in [0, 0.05) is 32.0 Å². The maximum Gasteiger partial charge on any atom is 0.256 e. The molecule has 2 heterocycles. The molecule has 0 radical (unpaired) electrons. The van der Waals surface area contributed by atoms with Gasteiger partial charge in [-0.2, -0.15) is 0 Å². The van der Waals surface area contributed by atoms with E-state index < -0.39 is 0 Å². The molecule has 0 aromatic carbocycles. The number of nitrogens with zero attached hydrogens (tertiary/aromatic N) is 3. The second kappa shape index (κ2) is 7.22. The molecular formula is C15H24N4O. The summed E-state index contributed by atoms with van der Waals surface area (Å²) in [4.78, 5) is 22.6. The third-order valence-electron chi connectivity index (χ3n) is 3.55. The molecule has 1 amide bonds. The Labute approximate surface area is 120 Å². The zero-order valence-corrected chi connectivity index (χ0v) is 12.4. The smallest absolute Gasteiger partial charge is 0.256 e. The summed E-state index contributed by atoms with van der Waals surface area (Å²) < 4.78 is 0. The highest BCUT2D eigenvalue weighted by Gasteiger charge is 2.18. The molecule has 1 aliphatic rings. The van der Waals surface area contributed by atoms with E-state index in [1.54, 1.807) is 12.4 Å². The van der Waals surface area contributed by atoms with Crippen LogP contribution in [-0.4, -0.2) is 40.4 Å². The lowest BCUT2D eigenvalue weighted by molar-refractivity contribution is 0.0723. The van der Waals surface area contributed by atoms with E-state index in [9.17, 15) is 4.79 Å². The minimum atomic E-state index is 0.0541. The van der Waals surface area contributed by atoms with Gasteiger partial charge < -0.3 is 10.2 Å². The lowest BCUT2D eigenvalue weighted by Gasteiger charge is -2.26. The standard InChI is InChI=1S/C15H24N4O/c1-12(2)6-7-16-15-17-10-13(11-18-15)14(20)19-8-4-3-5-9-19/h10-12H,3-9H2,1-2H3,(H,16,17,18). The Morgan fingerprint density at radius 1 is 1.25 bits per heavy atom. The number of anilines is 1. The van der Waals surface area contributed by atoms with Crippen LogP contribution in [0.15, 0.2) is 12.4 Å². The molecule has 1 aromatic rings. The van der Waals surface area contributed by atoms with Crippen molar-refractivity contribution >= 4 is 11.9 Å². The van der Waals surface area contributed by atoms with E-state index in [0.29, 0.717) is 17.4 Å². The molecule has 0 atom stereocenters. The fraction of sp³-hybridized carbons (Fsp3) is 0.667. The fourth-order valence-electron chi connectivity index (χ4n) is 2.28. The number of carbonyl (C=O) groups excluding carboxylic acids is 1. The number of hydrogen-bond donors (Lipinski definition) is 1. The van der Waals surface area contributed by atoms with E-state index in [2.05, 4.69) is 29.1 Å². The molecule has 1 aromatic heterocycles. The topological polar surface area (TPSA) is 58.1 Å². The molecule has 5 heteroatoms. The van der Waals surface area contributed by atoms with E-state index >= 15 is 0 Å². The van der Waals surface area contributed by atoms with Crippen LogP contribution in [0.25, 0.3) is 0 Å². The highest BCUT2D eigenvalue weighted by molar-refractivity contribution is 5.93. The Kier molecular flexibility index (Phi) is 5.32. The summed E-state index contributed by atoms with van der Waals surface area (Å²) >= 11 is 0. The zero-order chi connectivity index (χ0) is 14.4. The highest BCUT2D eigenvalue weighted by atomic mass is 16.2. The Morgan fingerprint density at radius 2 is 1.90 bits per heavy atom. The van der Waals surface area contributed by atoms with Crippen LogP contribution in [0.1, 0.15) is 49.9 Å². The van der Waals surface area contributed by atoms with Gasteiger partial charge in [0.1, 0.15) is 0 Å². The summed E-state index contributed by atoms with van der Waals surface area (Å²) in [5.74, 6) is 1.31. The number of rotatable bonds is 5. The molecule has 1 saturated heterocycles. The Bertz CT molecular complexity index is 424. The first-order valence-electron chi connectivity index (χ1n) is 7.52. The third kappa shape index (κ3) is 4.18. The van der Waals surface area contributed by atoms with Crippen molar-refractivity contribution in [3.8, 4) is 0 Å². The number of carbonyl (C=O) groups is 1. The van der Waals surface area contributed by atoms with Gasteiger partial charge in [-0.05, 0) is 31.6 Å². The van der Waals surface area contributed by atoms with Gasteiger partial charge >= 0.3 is 0 Å². The first-order chi connectivity index (χ1) is 9.66. The molecule has 0 bridgehead atoms. The molecule has 1 fully saturated rings. The van der Waals surface area contributed by atoms with Gasteiger partial charge in [0.2, 0.25) is 5.95 Å². The highest BCUT2D eigenvalue weighted by Crippen LogP contribution is 2.12. The van der Waals surface area contributed by atoms with Crippen LogP contribution in [0.4, 0.5) is 5.95 Å². The van der Waals surface area contributed by atoms with Crippen molar-refractivity contribution in [2.45, 2.75) is 39.5 Å². The van der Waals surface area contributed by atoms with Crippen LogP contribution >= 0.6 is 0 Å². The summed E-state index contributed by atoms with van der Waals surface area (Å²) in [6, 6.07) is 0. The number of amides is 1. The average Bonchev–Trinajstić information content (AvgIpc) is 2.48. The van der Waals surface area contributed by atoms with E-state index in [4.69, 9.17) is 0 Å². The number of hydrogen-bond acceptors (Lipinski definition) is 4. The van der Waals surface area contributed by atoms with Crippen LogP contribution in [0, 0.1) is 5.92 Å². The van der Waals surface area contributed by atoms with Crippen molar-refractivity contribution in [2.24, 2.45) is 5.92 Å². The molecule has 1 aliphatic heterocycles. The zero-order valence-electron chi connectivity index (χ0n) is 12.4. The predicted molar refractivity (Wildman–Crippen MR) is 79.7 cm³/mol. The molecule has 20 heavy (non-hydrogen) atoms. The normalized spacial score (nSPS) is 15.4. The van der Waals surface area contributed by atoms with Gasteiger partial charge in [-0.3, -0.25) is 4.79 Å². The van der Waals surface area contributed by atoms with Crippen LogP contribution in [0.5, 0.6) is 0 Å². The lowest BCUT2D eigenvalue weighted by Crippen LogP contribution is -2.35. The monoisotopic (exact) mass is 276 g/mol. The van der Waals surface area contributed by atoms with Crippen molar-refractivity contribution in [1.82, 2.24) is 14.9 Å². The maximum absolute atomic E-state index is 12.2. The summed E-state index contributed by atoms with van der Waals surface area (Å²) in [7, 11) is 0. The van der Waals surface area contributed by atoms with Gasteiger partial charge in [0.25, 0.3) is 5.91 Å². The lowest BCUT2D eigenvalue weighted by atomic mass is 10.1. The van der Waals surface area contributed by atoms with E-state index in [1.165, 1.54) is 6.42 Å². The van der Waals surface area contributed by atoms with Crippen molar-refractivity contribution in [3.05, 3.63) is 18.0 Å². The van der Waals surface area contributed by atoms with E-state index in [-0.39, 0.29) is 5.91 Å². The third-order valence-corrected chi connectivity index (χ3v) is 3.55. The SMILES string of the molecule is CC(C)CCNc1ncc(C(=O)N2CCCCC2)cn1. The molecule has 2 rings (SSSR count). The molecule has 0 unspecified atom stereocenters. The second-order valence-electron chi connectivity index (χ2n) is 5.76. The molecule has 1 N–H and O–H groups in total.